The summed E-state index contributed by atoms with van der Waals surface area (Å²) in [5.41, 5.74) is 8.34. The fourth-order valence-electron chi connectivity index (χ4n) is 1.82. The van der Waals surface area contributed by atoms with Gasteiger partial charge in [0, 0.05) is 11.6 Å². The summed E-state index contributed by atoms with van der Waals surface area (Å²) in [7, 11) is 1.60. The second-order valence-corrected chi connectivity index (χ2v) is 5.67. The molecule has 0 aliphatic rings. The van der Waals surface area contributed by atoms with Gasteiger partial charge in [0.1, 0.15) is 16.4 Å². The van der Waals surface area contributed by atoms with Gasteiger partial charge in [-0.15, -0.1) is 0 Å². The molecule has 0 aliphatic carbocycles. The quantitative estimate of drug-likeness (QED) is 0.850. The molecule has 21 heavy (non-hydrogen) atoms. The predicted molar refractivity (Wildman–Crippen MR) is 86.6 cm³/mol. The van der Waals surface area contributed by atoms with Gasteiger partial charge in [-0.2, -0.15) is 0 Å². The molecule has 6 heteroatoms. The third-order valence-electron chi connectivity index (χ3n) is 2.67. The first kappa shape index (κ1) is 15.1. The van der Waals surface area contributed by atoms with E-state index in [0.717, 1.165) is 11.1 Å². The van der Waals surface area contributed by atoms with Gasteiger partial charge < -0.3 is 10.5 Å². The largest absolute Gasteiger partial charge is 0.496 e. The Balaban J connectivity index is 2.31. The molecule has 0 aliphatic heterocycles. The standard InChI is InChI=1S/C15H17N3O2S/c1-9(2)8-12(19)17-15-18-13(14(16)21-15)10-6-4-5-7-11(10)20-3/h4-8H,16H2,1-3H3,(H,17,18,19). The van der Waals surface area contributed by atoms with Crippen LogP contribution in [0, 0.1) is 0 Å². The average Bonchev–Trinajstić information content (AvgIpc) is 2.78. The molecule has 1 amide bonds. The number of hydrogen-bond acceptors (Lipinski definition) is 5. The van der Waals surface area contributed by atoms with Crippen LogP contribution in [0.1, 0.15) is 13.8 Å². The van der Waals surface area contributed by atoms with E-state index in [-0.39, 0.29) is 5.91 Å². The van der Waals surface area contributed by atoms with E-state index >= 15 is 0 Å². The normalized spacial score (nSPS) is 10.0. The van der Waals surface area contributed by atoms with E-state index < -0.39 is 0 Å². The molecule has 0 radical (unpaired) electrons. The fourth-order valence-corrected chi connectivity index (χ4v) is 2.57. The Kier molecular flexibility index (Phi) is 4.59. The number of aromatic nitrogens is 1. The molecule has 0 saturated carbocycles. The third-order valence-corrected chi connectivity index (χ3v) is 3.47. The van der Waals surface area contributed by atoms with Crippen molar-refractivity contribution in [3.63, 3.8) is 0 Å². The van der Waals surface area contributed by atoms with Crippen LogP contribution in [0.4, 0.5) is 10.1 Å². The summed E-state index contributed by atoms with van der Waals surface area (Å²) >= 11 is 1.23. The van der Waals surface area contributed by atoms with E-state index in [1.807, 2.05) is 38.1 Å². The van der Waals surface area contributed by atoms with Crippen molar-refractivity contribution in [1.29, 1.82) is 0 Å². The number of carbonyl (C=O) groups excluding carboxylic acids is 1. The number of benzene rings is 1. The van der Waals surface area contributed by atoms with E-state index in [1.54, 1.807) is 7.11 Å². The number of nitrogens with zero attached hydrogens (tertiary/aromatic N) is 1. The summed E-state index contributed by atoms with van der Waals surface area (Å²) in [6.07, 6.45) is 1.51. The molecular formula is C15H17N3O2S. The van der Waals surface area contributed by atoms with Gasteiger partial charge in [-0.3, -0.25) is 10.1 Å². The number of allylic oxidation sites excluding steroid dienone is 1. The second-order valence-electron chi connectivity index (χ2n) is 4.64. The number of nitrogens with one attached hydrogen (secondary N) is 1. The maximum absolute atomic E-state index is 11.7. The van der Waals surface area contributed by atoms with Crippen LogP contribution in [0.25, 0.3) is 11.3 Å². The van der Waals surface area contributed by atoms with Crippen LogP contribution in [0.3, 0.4) is 0 Å². The maximum Gasteiger partial charge on any atom is 0.250 e. The lowest BCUT2D eigenvalue weighted by Crippen LogP contribution is -2.07. The molecule has 110 valence electrons. The first-order chi connectivity index (χ1) is 10.0. The van der Waals surface area contributed by atoms with Crippen LogP contribution in [-0.2, 0) is 4.79 Å². The van der Waals surface area contributed by atoms with Crippen molar-refractivity contribution < 1.29 is 9.53 Å². The highest BCUT2D eigenvalue weighted by Crippen LogP contribution is 2.37. The van der Waals surface area contributed by atoms with Crippen molar-refractivity contribution in [2.24, 2.45) is 0 Å². The van der Waals surface area contributed by atoms with Gasteiger partial charge in [0.25, 0.3) is 0 Å². The number of nitrogen functional groups attached to an aromatic ring is 1. The highest BCUT2D eigenvalue weighted by molar-refractivity contribution is 7.20. The molecule has 0 fully saturated rings. The molecule has 1 aromatic carbocycles. The molecule has 1 heterocycles. The predicted octanol–water partition coefficient (Wildman–Crippen LogP) is 3.31. The van der Waals surface area contributed by atoms with Crippen molar-refractivity contribution in [3.05, 3.63) is 35.9 Å². The lowest BCUT2D eigenvalue weighted by molar-refractivity contribution is -0.111. The van der Waals surface area contributed by atoms with Crippen LogP contribution in [-0.4, -0.2) is 18.0 Å². The summed E-state index contributed by atoms with van der Waals surface area (Å²) in [4.78, 5) is 16.1. The maximum atomic E-state index is 11.7. The molecule has 0 bridgehead atoms. The zero-order valence-corrected chi connectivity index (χ0v) is 13.0. The second kappa shape index (κ2) is 6.41. The number of methoxy groups -OCH3 is 1. The smallest absolute Gasteiger partial charge is 0.250 e. The minimum atomic E-state index is -0.213. The Labute approximate surface area is 127 Å². The van der Waals surface area contributed by atoms with Crippen LogP contribution in [0.2, 0.25) is 0 Å². The molecule has 0 atom stereocenters. The lowest BCUT2D eigenvalue weighted by atomic mass is 10.1. The molecule has 0 saturated heterocycles. The molecule has 0 spiro atoms. The third kappa shape index (κ3) is 3.61. The Morgan fingerprint density at radius 2 is 2.10 bits per heavy atom. The van der Waals surface area contributed by atoms with E-state index in [1.165, 1.54) is 17.4 Å². The summed E-state index contributed by atoms with van der Waals surface area (Å²) in [6.45, 7) is 3.71. The number of hydrogen-bond donors (Lipinski definition) is 2. The molecule has 5 nitrogen and oxygen atoms in total. The van der Waals surface area contributed by atoms with Gasteiger partial charge >= 0.3 is 0 Å². The summed E-state index contributed by atoms with van der Waals surface area (Å²) in [5, 5.41) is 3.72. The van der Waals surface area contributed by atoms with Crippen molar-refractivity contribution in [1.82, 2.24) is 4.98 Å². The van der Waals surface area contributed by atoms with E-state index in [0.29, 0.717) is 21.6 Å². The average molecular weight is 303 g/mol. The van der Waals surface area contributed by atoms with E-state index in [2.05, 4.69) is 10.3 Å². The zero-order chi connectivity index (χ0) is 15.4. The van der Waals surface area contributed by atoms with Gasteiger partial charge in [-0.1, -0.05) is 29.0 Å². The number of para-hydroxylation sites is 1. The minimum absolute atomic E-state index is 0.213. The molecule has 1 aromatic heterocycles. The van der Waals surface area contributed by atoms with Gasteiger partial charge in [-0.05, 0) is 26.0 Å². The topological polar surface area (TPSA) is 77.2 Å². The van der Waals surface area contributed by atoms with Gasteiger partial charge in [0.2, 0.25) is 5.91 Å². The number of nitrogens with two attached hydrogens (primary N) is 1. The molecule has 2 rings (SSSR count). The van der Waals surface area contributed by atoms with Crippen LogP contribution < -0.4 is 15.8 Å². The van der Waals surface area contributed by atoms with Crippen molar-refractivity contribution >= 4 is 27.4 Å². The first-order valence-corrected chi connectivity index (χ1v) is 7.18. The lowest BCUT2D eigenvalue weighted by Gasteiger charge is -2.05. The molecule has 3 N–H and O–H groups in total. The molecular weight excluding hydrogens is 286 g/mol. The van der Waals surface area contributed by atoms with Gasteiger partial charge in [-0.25, -0.2) is 4.98 Å². The highest BCUT2D eigenvalue weighted by atomic mass is 32.1. The fraction of sp³-hybridized carbons (Fsp3) is 0.200. The monoisotopic (exact) mass is 303 g/mol. The number of rotatable bonds is 4. The van der Waals surface area contributed by atoms with Gasteiger partial charge in [0.05, 0.1) is 7.11 Å². The first-order valence-electron chi connectivity index (χ1n) is 6.37. The molecule has 2 aromatic rings. The number of amides is 1. The number of thiazole rings is 1. The number of carbonyl (C=O) groups is 1. The zero-order valence-electron chi connectivity index (χ0n) is 12.1. The SMILES string of the molecule is COc1ccccc1-c1nc(NC(=O)C=C(C)C)sc1N. The highest BCUT2D eigenvalue weighted by Gasteiger charge is 2.15. The Morgan fingerprint density at radius 3 is 2.76 bits per heavy atom. The van der Waals surface area contributed by atoms with Gasteiger partial charge in [0.15, 0.2) is 5.13 Å². The summed E-state index contributed by atoms with van der Waals surface area (Å²) < 4.78 is 5.31. The number of ether oxygens (including phenoxy) is 1. The molecule has 0 unspecified atom stereocenters. The van der Waals surface area contributed by atoms with Crippen LogP contribution in [0.5, 0.6) is 5.75 Å². The van der Waals surface area contributed by atoms with Crippen molar-refractivity contribution in [2.75, 3.05) is 18.2 Å². The Bertz CT molecular complexity index is 688. The van der Waals surface area contributed by atoms with Crippen molar-refractivity contribution in [3.8, 4) is 17.0 Å². The van der Waals surface area contributed by atoms with Crippen LogP contribution in [0.15, 0.2) is 35.9 Å². The van der Waals surface area contributed by atoms with Crippen molar-refractivity contribution in [2.45, 2.75) is 13.8 Å². The van der Waals surface area contributed by atoms with E-state index in [4.69, 9.17) is 10.5 Å². The number of anilines is 2. The summed E-state index contributed by atoms with van der Waals surface area (Å²) in [6, 6.07) is 7.49. The Hall–Kier alpha value is -2.34. The minimum Gasteiger partial charge on any atom is -0.496 e. The Morgan fingerprint density at radius 1 is 1.38 bits per heavy atom. The van der Waals surface area contributed by atoms with Crippen LogP contribution >= 0.6 is 11.3 Å². The summed E-state index contributed by atoms with van der Waals surface area (Å²) in [5.74, 6) is 0.479. The van der Waals surface area contributed by atoms with E-state index in [9.17, 15) is 4.79 Å².